The van der Waals surface area contributed by atoms with Gasteiger partial charge in [0.25, 0.3) is 10.0 Å². The van der Waals surface area contributed by atoms with Crippen LogP contribution in [0, 0.1) is 0 Å². The summed E-state index contributed by atoms with van der Waals surface area (Å²) in [6.45, 7) is -1.72. The molecule has 2 aromatic carbocycles. The fourth-order valence-electron chi connectivity index (χ4n) is 3.30. The minimum absolute atomic E-state index is 0.117. The Balaban J connectivity index is 1.64. The molecule has 38 heavy (non-hydrogen) atoms. The van der Waals surface area contributed by atoms with E-state index in [1.807, 2.05) is 0 Å². The predicted octanol–water partition coefficient (Wildman–Crippen LogP) is 3.52. The van der Waals surface area contributed by atoms with E-state index in [1.165, 1.54) is 17.5 Å². The Labute approximate surface area is 232 Å². The van der Waals surface area contributed by atoms with Crippen molar-refractivity contribution in [2.75, 3.05) is 13.1 Å². The number of nitrogens with zero attached hydrogens (tertiary/aromatic N) is 1. The molecule has 0 saturated heterocycles. The number of aliphatic carboxylic acids is 2. The van der Waals surface area contributed by atoms with Crippen molar-refractivity contribution in [1.29, 1.82) is 0 Å². The minimum Gasteiger partial charge on any atom is -0.489 e. The number of halogens is 2. The maximum absolute atomic E-state index is 12.7. The summed E-state index contributed by atoms with van der Waals surface area (Å²) in [5, 5.41) is 23.4. The number of carbonyl (C=O) groups is 3. The van der Waals surface area contributed by atoms with E-state index in [-0.39, 0.29) is 17.2 Å². The molecule has 1 amide bonds. The Kier molecular flexibility index (Phi) is 10.1. The molecule has 0 bridgehead atoms. The number of ether oxygens (including phenoxy) is 1. The highest BCUT2D eigenvalue weighted by molar-refractivity contribution is 7.91. The van der Waals surface area contributed by atoms with Gasteiger partial charge in [-0.3, -0.25) is 9.59 Å². The zero-order valence-electron chi connectivity index (χ0n) is 19.5. The van der Waals surface area contributed by atoms with Gasteiger partial charge in [-0.1, -0.05) is 47.5 Å². The largest absolute Gasteiger partial charge is 0.489 e. The summed E-state index contributed by atoms with van der Waals surface area (Å²) in [7, 11) is -4.27. The molecule has 1 heterocycles. The molecule has 0 saturated carbocycles. The van der Waals surface area contributed by atoms with Gasteiger partial charge in [-0.25, -0.2) is 13.2 Å². The van der Waals surface area contributed by atoms with Crippen molar-refractivity contribution in [1.82, 2.24) is 9.62 Å². The number of sulfonamides is 1. The van der Waals surface area contributed by atoms with Gasteiger partial charge in [0.1, 0.15) is 29.2 Å². The first-order chi connectivity index (χ1) is 18.0. The van der Waals surface area contributed by atoms with Crippen LogP contribution in [0.3, 0.4) is 0 Å². The highest BCUT2D eigenvalue weighted by Gasteiger charge is 2.31. The van der Waals surface area contributed by atoms with Crippen LogP contribution >= 0.6 is 34.5 Å². The number of amides is 1. The van der Waals surface area contributed by atoms with E-state index in [2.05, 4.69) is 5.32 Å². The molecule has 1 atom stereocenters. The van der Waals surface area contributed by atoms with E-state index in [9.17, 15) is 27.9 Å². The van der Waals surface area contributed by atoms with E-state index in [0.29, 0.717) is 31.2 Å². The van der Waals surface area contributed by atoms with Crippen molar-refractivity contribution in [2.45, 2.75) is 23.3 Å². The van der Waals surface area contributed by atoms with Crippen LogP contribution in [0.15, 0.2) is 64.2 Å². The van der Waals surface area contributed by atoms with Crippen LogP contribution in [0.4, 0.5) is 0 Å². The highest BCUT2D eigenvalue weighted by Crippen LogP contribution is 2.26. The van der Waals surface area contributed by atoms with E-state index in [4.69, 9.17) is 33.0 Å². The summed E-state index contributed by atoms with van der Waals surface area (Å²) in [6.07, 6.45) is -0.117. The number of carboxylic acids is 2. The molecule has 0 aliphatic heterocycles. The second-order valence-electron chi connectivity index (χ2n) is 7.89. The van der Waals surface area contributed by atoms with Crippen molar-refractivity contribution >= 4 is 62.4 Å². The second-order valence-corrected chi connectivity index (χ2v) is 11.8. The molecule has 10 nitrogen and oxygen atoms in total. The Hall–Kier alpha value is -3.16. The third-order valence-electron chi connectivity index (χ3n) is 5.16. The zero-order valence-corrected chi connectivity index (χ0v) is 22.7. The molecule has 0 aliphatic rings. The number of thiophene rings is 1. The molecule has 3 N–H and O–H groups in total. The number of rotatable bonds is 13. The number of hydrogen-bond donors (Lipinski definition) is 3. The third kappa shape index (κ3) is 7.92. The standard InChI is InChI=1S/C24H22Cl2N2O8S2/c25-18-3-1-4-19(26)17(18)14-36-16-8-6-15(7-9-16)11-20(24(32)33)27-21(29)12-28(13-22(30)31)38(34,35)23-5-2-10-37-23/h1-10,20H,11-14H2,(H,27,29)(H,30,31)(H,32,33)/t20-/m0/s1. The van der Waals surface area contributed by atoms with Gasteiger partial charge in [-0.2, -0.15) is 4.31 Å². The molecule has 1 aromatic heterocycles. The van der Waals surface area contributed by atoms with E-state index in [1.54, 1.807) is 42.5 Å². The quantitative estimate of drug-likeness (QED) is 0.269. The fourth-order valence-corrected chi connectivity index (χ4v) is 6.29. The van der Waals surface area contributed by atoms with Crippen molar-refractivity contribution in [2.24, 2.45) is 0 Å². The third-order valence-corrected chi connectivity index (χ3v) is 9.04. The first-order valence-corrected chi connectivity index (χ1v) is 14.0. The van der Waals surface area contributed by atoms with E-state index in [0.717, 1.165) is 11.3 Å². The number of carboxylic acid groups (broad SMARTS) is 2. The second kappa shape index (κ2) is 13.1. The average Bonchev–Trinajstić information content (AvgIpc) is 3.39. The van der Waals surface area contributed by atoms with Crippen molar-refractivity contribution < 1.29 is 37.8 Å². The van der Waals surface area contributed by atoms with Gasteiger partial charge in [0.05, 0.1) is 6.54 Å². The van der Waals surface area contributed by atoms with Crippen LogP contribution in [0.5, 0.6) is 5.75 Å². The van der Waals surface area contributed by atoms with Gasteiger partial charge < -0.3 is 20.3 Å². The van der Waals surface area contributed by atoms with Gasteiger partial charge in [0.15, 0.2) is 0 Å². The van der Waals surface area contributed by atoms with Gasteiger partial charge in [0, 0.05) is 22.0 Å². The molecule has 0 fully saturated rings. The summed E-state index contributed by atoms with van der Waals surface area (Å²) in [6, 6.07) is 12.9. The molecule has 3 aromatic rings. The number of hydrogen-bond acceptors (Lipinski definition) is 7. The van der Waals surface area contributed by atoms with Crippen LogP contribution in [0.1, 0.15) is 11.1 Å². The normalized spacial score (nSPS) is 12.2. The molecule has 202 valence electrons. The Morgan fingerprint density at radius 3 is 2.18 bits per heavy atom. The Morgan fingerprint density at radius 2 is 1.63 bits per heavy atom. The number of carbonyl (C=O) groups excluding carboxylic acids is 1. The first-order valence-electron chi connectivity index (χ1n) is 10.9. The molecule has 3 rings (SSSR count). The van der Waals surface area contributed by atoms with Crippen molar-refractivity contribution in [3.8, 4) is 5.75 Å². The summed E-state index contributed by atoms with van der Waals surface area (Å²) < 4.78 is 31.5. The maximum atomic E-state index is 12.7. The van der Waals surface area contributed by atoms with Crippen LogP contribution in [-0.2, 0) is 37.4 Å². The van der Waals surface area contributed by atoms with Crippen LogP contribution in [-0.4, -0.2) is 59.9 Å². The van der Waals surface area contributed by atoms with Gasteiger partial charge in [-0.15, -0.1) is 11.3 Å². The lowest BCUT2D eigenvalue weighted by atomic mass is 10.1. The molecule has 0 unspecified atom stereocenters. The average molecular weight is 601 g/mol. The molecular weight excluding hydrogens is 579 g/mol. The minimum atomic E-state index is -4.27. The Bertz CT molecular complexity index is 1380. The topological polar surface area (TPSA) is 150 Å². The monoisotopic (exact) mass is 600 g/mol. The molecule has 14 heteroatoms. The van der Waals surface area contributed by atoms with E-state index < -0.39 is 47.0 Å². The van der Waals surface area contributed by atoms with Crippen molar-refractivity contribution in [3.05, 3.63) is 81.1 Å². The number of nitrogens with one attached hydrogen (secondary N) is 1. The lowest BCUT2D eigenvalue weighted by Crippen LogP contribution is -2.48. The first kappa shape index (κ1) is 29.4. The van der Waals surface area contributed by atoms with Gasteiger partial charge in [-0.05, 0) is 41.3 Å². The summed E-state index contributed by atoms with van der Waals surface area (Å²) in [4.78, 5) is 35.6. The molecular formula is C24H22Cl2N2O8S2. The lowest BCUT2D eigenvalue weighted by Gasteiger charge is -2.21. The predicted molar refractivity (Wildman–Crippen MR) is 141 cm³/mol. The smallest absolute Gasteiger partial charge is 0.326 e. The number of benzene rings is 2. The zero-order chi connectivity index (χ0) is 27.9. The lowest BCUT2D eigenvalue weighted by molar-refractivity contribution is -0.142. The molecule has 0 spiro atoms. The summed E-state index contributed by atoms with van der Waals surface area (Å²) in [5.41, 5.74) is 1.17. The maximum Gasteiger partial charge on any atom is 0.326 e. The van der Waals surface area contributed by atoms with Crippen LogP contribution < -0.4 is 10.1 Å². The van der Waals surface area contributed by atoms with Crippen LogP contribution in [0.25, 0.3) is 0 Å². The summed E-state index contributed by atoms with van der Waals surface area (Å²) in [5.74, 6) is -3.30. The van der Waals surface area contributed by atoms with Gasteiger partial charge >= 0.3 is 11.9 Å². The summed E-state index contributed by atoms with van der Waals surface area (Å²) >= 11 is 13.1. The molecule has 0 radical (unpaired) electrons. The SMILES string of the molecule is O=C(O)CN(CC(=O)N[C@@H](Cc1ccc(OCc2c(Cl)cccc2Cl)cc1)C(=O)O)S(=O)(=O)c1cccs1. The van der Waals surface area contributed by atoms with Gasteiger partial charge in [0.2, 0.25) is 5.91 Å². The van der Waals surface area contributed by atoms with Crippen molar-refractivity contribution in [3.63, 3.8) is 0 Å². The fraction of sp³-hybridized carbons (Fsp3) is 0.208. The van der Waals surface area contributed by atoms with E-state index >= 15 is 0 Å². The Morgan fingerprint density at radius 1 is 0.974 bits per heavy atom. The molecule has 0 aliphatic carbocycles. The van der Waals surface area contributed by atoms with Crippen LogP contribution in [0.2, 0.25) is 10.0 Å². The highest BCUT2D eigenvalue weighted by atomic mass is 35.5.